The van der Waals surface area contributed by atoms with E-state index in [2.05, 4.69) is 27.8 Å². The third-order valence-corrected chi connectivity index (χ3v) is 8.21. The number of rotatable bonds is 4. The van der Waals surface area contributed by atoms with Crippen LogP contribution in [-0.2, 0) is 14.8 Å². The largest absolute Gasteiger partial charge is 0.340 e. The highest BCUT2D eigenvalue weighted by atomic mass is 35.5. The molecule has 5 rings (SSSR count). The first-order chi connectivity index (χ1) is 15.3. The van der Waals surface area contributed by atoms with Crippen LogP contribution in [0.1, 0.15) is 30.1 Å². The molecular formula is C24H24ClN3O3S. The number of amides is 1. The second kappa shape index (κ2) is 8.15. The third kappa shape index (κ3) is 3.69. The maximum atomic E-state index is 13.3. The van der Waals surface area contributed by atoms with Crippen molar-refractivity contribution >= 4 is 38.3 Å². The average Bonchev–Trinajstić information content (AvgIpc) is 3.09. The lowest BCUT2D eigenvalue weighted by atomic mass is 10.0. The van der Waals surface area contributed by atoms with Crippen LogP contribution in [0.4, 0.5) is 0 Å². The number of nitrogens with zero attached hydrogens (tertiary/aromatic N) is 2. The fraction of sp³-hybridized carbons (Fsp3) is 0.292. The summed E-state index contributed by atoms with van der Waals surface area (Å²) in [5.74, 6) is 0.0708. The maximum absolute atomic E-state index is 13.3. The van der Waals surface area contributed by atoms with Gasteiger partial charge in [-0.3, -0.25) is 9.69 Å². The van der Waals surface area contributed by atoms with Crippen molar-refractivity contribution in [3.8, 4) is 0 Å². The Hall–Kier alpha value is -2.45. The van der Waals surface area contributed by atoms with Gasteiger partial charge in [0.05, 0.1) is 17.0 Å². The van der Waals surface area contributed by atoms with Gasteiger partial charge in [-0.15, -0.1) is 0 Å². The Labute approximate surface area is 192 Å². The highest BCUT2D eigenvalue weighted by Crippen LogP contribution is 2.47. The van der Waals surface area contributed by atoms with Crippen LogP contribution in [0.2, 0.25) is 5.02 Å². The van der Waals surface area contributed by atoms with Crippen molar-refractivity contribution in [2.75, 3.05) is 26.2 Å². The molecule has 1 saturated heterocycles. The zero-order valence-corrected chi connectivity index (χ0v) is 19.2. The predicted molar refractivity (Wildman–Crippen MR) is 125 cm³/mol. The number of halogens is 1. The van der Waals surface area contributed by atoms with E-state index in [4.69, 9.17) is 11.6 Å². The van der Waals surface area contributed by atoms with Crippen molar-refractivity contribution in [2.24, 2.45) is 0 Å². The second-order valence-corrected chi connectivity index (χ2v) is 10.5. The van der Waals surface area contributed by atoms with Crippen LogP contribution in [0.5, 0.6) is 0 Å². The van der Waals surface area contributed by atoms with Gasteiger partial charge in [0.2, 0.25) is 15.9 Å². The lowest BCUT2D eigenvalue weighted by Crippen LogP contribution is -2.50. The monoisotopic (exact) mass is 469 g/mol. The van der Waals surface area contributed by atoms with Crippen LogP contribution in [0.3, 0.4) is 0 Å². The highest BCUT2D eigenvalue weighted by molar-refractivity contribution is 7.89. The fourth-order valence-corrected chi connectivity index (χ4v) is 6.30. The number of carbonyl (C=O) groups excluding carboxylic acids is 1. The van der Waals surface area contributed by atoms with Crippen LogP contribution in [0, 0.1) is 0 Å². The molecule has 3 aromatic carbocycles. The molecule has 1 amide bonds. The normalized spacial score (nSPS) is 21.2. The lowest BCUT2D eigenvalue weighted by Gasteiger charge is -2.40. The molecule has 0 saturated carbocycles. The minimum Gasteiger partial charge on any atom is -0.340 e. The molecule has 3 aromatic rings. The Bertz CT molecular complexity index is 1280. The van der Waals surface area contributed by atoms with Crippen LogP contribution < -0.4 is 4.72 Å². The number of benzene rings is 3. The first-order valence-corrected chi connectivity index (χ1v) is 12.5. The van der Waals surface area contributed by atoms with E-state index < -0.39 is 16.1 Å². The molecule has 2 atom stereocenters. The van der Waals surface area contributed by atoms with Crippen molar-refractivity contribution in [1.29, 1.82) is 0 Å². The van der Waals surface area contributed by atoms with Crippen molar-refractivity contribution < 1.29 is 13.2 Å². The van der Waals surface area contributed by atoms with Gasteiger partial charge in [-0.2, -0.15) is 0 Å². The summed E-state index contributed by atoms with van der Waals surface area (Å²) in [6.45, 7) is 4.23. The van der Waals surface area contributed by atoms with Gasteiger partial charge < -0.3 is 4.90 Å². The van der Waals surface area contributed by atoms with Gasteiger partial charge in [0.15, 0.2) is 0 Å². The van der Waals surface area contributed by atoms with Crippen molar-refractivity contribution in [3.63, 3.8) is 0 Å². The standard InChI is InChI=1S/C24H24ClN3O3S/c1-16(29)27-12-14-28(15-13-27)24-21-7-3-5-17-4-2-6-20(22(17)21)23(24)26-32(30,31)19-10-8-18(25)9-11-19/h2-11,23-24,26H,12-15H2,1H3/t23-,24+/m1/s1. The van der Waals surface area contributed by atoms with E-state index in [1.54, 1.807) is 19.1 Å². The smallest absolute Gasteiger partial charge is 0.241 e. The Balaban J connectivity index is 1.54. The Morgan fingerprint density at radius 3 is 2.19 bits per heavy atom. The summed E-state index contributed by atoms with van der Waals surface area (Å²) in [6, 6.07) is 17.8. The minimum atomic E-state index is -3.77. The van der Waals surface area contributed by atoms with E-state index in [0.717, 1.165) is 21.9 Å². The van der Waals surface area contributed by atoms with Crippen molar-refractivity contribution in [2.45, 2.75) is 23.9 Å². The first-order valence-electron chi connectivity index (χ1n) is 10.6. The fourth-order valence-electron chi connectivity index (χ4n) is 4.95. The van der Waals surface area contributed by atoms with E-state index in [1.807, 2.05) is 23.1 Å². The molecule has 1 aliphatic heterocycles. The molecule has 1 fully saturated rings. The quantitative estimate of drug-likeness (QED) is 0.632. The van der Waals surface area contributed by atoms with E-state index in [9.17, 15) is 13.2 Å². The van der Waals surface area contributed by atoms with E-state index >= 15 is 0 Å². The molecule has 0 radical (unpaired) electrons. The molecule has 0 bridgehead atoms. The molecule has 8 heteroatoms. The maximum Gasteiger partial charge on any atom is 0.241 e. The summed E-state index contributed by atoms with van der Waals surface area (Å²) in [5, 5.41) is 2.70. The molecule has 1 N–H and O–H groups in total. The first kappa shape index (κ1) is 21.4. The topological polar surface area (TPSA) is 69.7 Å². The number of hydrogen-bond donors (Lipinski definition) is 1. The molecule has 1 heterocycles. The predicted octanol–water partition coefficient (Wildman–Crippen LogP) is 3.73. The van der Waals surface area contributed by atoms with E-state index in [0.29, 0.717) is 31.2 Å². The molecule has 1 aliphatic carbocycles. The Morgan fingerprint density at radius 1 is 0.938 bits per heavy atom. The van der Waals surface area contributed by atoms with E-state index in [1.165, 1.54) is 12.1 Å². The van der Waals surface area contributed by atoms with Gasteiger partial charge in [0.1, 0.15) is 0 Å². The zero-order valence-electron chi connectivity index (χ0n) is 17.7. The van der Waals surface area contributed by atoms with Crippen LogP contribution in [-0.4, -0.2) is 50.3 Å². The SMILES string of the molecule is CC(=O)N1CCN([C@H]2c3cccc4cccc(c34)[C@H]2NS(=O)(=O)c2ccc(Cl)cc2)CC1. The number of nitrogens with one attached hydrogen (secondary N) is 1. The van der Waals surface area contributed by atoms with Gasteiger partial charge in [0, 0.05) is 38.1 Å². The van der Waals surface area contributed by atoms with E-state index in [-0.39, 0.29) is 16.8 Å². The highest BCUT2D eigenvalue weighted by Gasteiger charge is 2.41. The van der Waals surface area contributed by atoms with Crippen molar-refractivity contribution in [3.05, 3.63) is 76.8 Å². The summed E-state index contributed by atoms with van der Waals surface area (Å²) < 4.78 is 29.6. The average molecular weight is 470 g/mol. The number of sulfonamides is 1. The lowest BCUT2D eigenvalue weighted by molar-refractivity contribution is -0.130. The van der Waals surface area contributed by atoms with Crippen molar-refractivity contribution in [1.82, 2.24) is 14.5 Å². The van der Waals surface area contributed by atoms with Gasteiger partial charge >= 0.3 is 0 Å². The molecule has 0 unspecified atom stereocenters. The van der Waals surface area contributed by atoms with Gasteiger partial charge in [-0.25, -0.2) is 13.1 Å². The molecule has 0 aromatic heterocycles. The molecule has 32 heavy (non-hydrogen) atoms. The summed E-state index contributed by atoms with van der Waals surface area (Å²) >= 11 is 5.96. The molecule has 6 nitrogen and oxygen atoms in total. The zero-order chi connectivity index (χ0) is 22.5. The second-order valence-electron chi connectivity index (χ2n) is 8.33. The van der Waals surface area contributed by atoms with Gasteiger partial charge in [-0.1, -0.05) is 48.0 Å². The van der Waals surface area contributed by atoms with Crippen LogP contribution >= 0.6 is 11.6 Å². The Kier molecular flexibility index (Phi) is 5.45. The van der Waals surface area contributed by atoms with Gasteiger partial charge in [0.25, 0.3) is 0 Å². The third-order valence-electron chi connectivity index (χ3n) is 6.50. The molecular weight excluding hydrogens is 446 g/mol. The molecule has 2 aliphatic rings. The minimum absolute atomic E-state index is 0.0708. The van der Waals surface area contributed by atoms with Crippen LogP contribution in [0.25, 0.3) is 10.8 Å². The van der Waals surface area contributed by atoms with Crippen LogP contribution in [0.15, 0.2) is 65.6 Å². The Morgan fingerprint density at radius 2 is 1.56 bits per heavy atom. The summed E-state index contributed by atoms with van der Waals surface area (Å²) in [6.07, 6.45) is 0. The summed E-state index contributed by atoms with van der Waals surface area (Å²) in [5.41, 5.74) is 2.10. The number of carbonyl (C=O) groups is 1. The number of piperazine rings is 1. The van der Waals surface area contributed by atoms with Gasteiger partial charge in [-0.05, 0) is 46.2 Å². The molecule has 166 valence electrons. The summed E-state index contributed by atoms with van der Waals surface area (Å²) in [4.78, 5) is 16.1. The molecule has 0 spiro atoms. The number of hydrogen-bond acceptors (Lipinski definition) is 4. The summed E-state index contributed by atoms with van der Waals surface area (Å²) in [7, 11) is -3.77.